The second-order valence-electron chi connectivity index (χ2n) is 13.6. The van der Waals surface area contributed by atoms with Crippen LogP contribution in [0.2, 0.25) is 0 Å². The molecular weight excluding hydrogens is 672 g/mol. The number of hydrogen-bond acceptors (Lipinski definition) is 0. The highest BCUT2D eigenvalue weighted by Crippen LogP contribution is 2.44. The molecule has 2 aromatic heterocycles. The van der Waals surface area contributed by atoms with Gasteiger partial charge in [-0.2, -0.15) is 0 Å². The average Bonchev–Trinajstić information content (AvgIpc) is 3.65. The van der Waals surface area contributed by atoms with Crippen LogP contribution in [0.5, 0.6) is 0 Å². The van der Waals surface area contributed by atoms with Crippen LogP contribution >= 0.6 is 15.9 Å². The number of fused-ring (bicyclic) bond motifs is 12. The van der Waals surface area contributed by atoms with Crippen LogP contribution in [-0.4, -0.2) is 9.13 Å². The second-order valence-corrected chi connectivity index (χ2v) is 14.4. The van der Waals surface area contributed by atoms with Gasteiger partial charge in [-0.05, 0) is 120 Å². The van der Waals surface area contributed by atoms with Crippen molar-refractivity contribution in [3.63, 3.8) is 0 Å². The third-order valence-corrected chi connectivity index (χ3v) is 11.5. The van der Waals surface area contributed by atoms with E-state index in [4.69, 9.17) is 0 Å². The van der Waals surface area contributed by atoms with Gasteiger partial charge in [0.25, 0.3) is 0 Å². The molecule has 11 aromatic rings. The minimum atomic E-state index is 1.06. The summed E-state index contributed by atoms with van der Waals surface area (Å²) in [4.78, 5) is 0. The Hall–Kier alpha value is -5.90. The maximum absolute atomic E-state index is 4.26. The van der Waals surface area contributed by atoms with E-state index < -0.39 is 0 Å². The summed E-state index contributed by atoms with van der Waals surface area (Å²) in [5.41, 5.74) is 8.25. The third-order valence-electron chi connectivity index (χ3n) is 10.7. The predicted octanol–water partition coefficient (Wildman–Crippen LogP) is 13.6. The van der Waals surface area contributed by atoms with E-state index in [9.17, 15) is 0 Å². The molecule has 3 heteroatoms. The summed E-state index contributed by atoms with van der Waals surface area (Å²) in [5.74, 6) is 0. The molecule has 0 N–H and O–H groups in total. The van der Waals surface area contributed by atoms with Gasteiger partial charge in [-0.25, -0.2) is 0 Å². The Balaban J connectivity index is 1.30. The Bertz CT molecular complexity index is 3020. The zero-order chi connectivity index (χ0) is 33.1. The van der Waals surface area contributed by atoms with Gasteiger partial charge < -0.3 is 9.13 Å². The zero-order valence-electron chi connectivity index (χ0n) is 27.3. The fourth-order valence-electron chi connectivity index (χ4n) is 8.52. The Kier molecular flexibility index (Phi) is 5.77. The van der Waals surface area contributed by atoms with E-state index in [0.29, 0.717) is 0 Å². The first-order chi connectivity index (χ1) is 24.6. The summed E-state index contributed by atoms with van der Waals surface area (Å²) >= 11 is 4.26. The summed E-state index contributed by atoms with van der Waals surface area (Å²) < 4.78 is 6.01. The number of aromatic nitrogens is 2. The molecule has 0 bridgehead atoms. The number of hydrogen-bond donors (Lipinski definition) is 0. The molecule has 234 valence electrons. The first-order valence-electron chi connectivity index (χ1n) is 17.1. The maximum Gasteiger partial charge on any atom is 0.0657 e. The quantitative estimate of drug-likeness (QED) is 0.170. The molecule has 2 heterocycles. The van der Waals surface area contributed by atoms with Crippen molar-refractivity contribution in [3.05, 3.63) is 168 Å². The summed E-state index contributed by atoms with van der Waals surface area (Å²) in [7, 11) is 0. The van der Waals surface area contributed by atoms with Crippen molar-refractivity contribution >= 4 is 103 Å². The normalized spacial score (nSPS) is 12.2. The minimum absolute atomic E-state index is 1.06. The largest absolute Gasteiger partial charge is 0.308 e. The Morgan fingerprint density at radius 2 is 0.740 bits per heavy atom. The van der Waals surface area contributed by atoms with Crippen LogP contribution in [0.15, 0.2) is 162 Å². The standard InChI is InChI=1S/C47H29BrN2/c1-28-22-43(49-39-20-18-29-10-6-8-16-35(29)45(39)37-24-31-12-2-4-14-33(31)26-41(37)49)47(48)44(23-28)50-40-21-19-30-11-7-9-17-36(30)46(40)38-25-32-13-3-5-15-34(32)27-42(38)50/h2-27H,1H3. The zero-order valence-corrected chi connectivity index (χ0v) is 28.9. The monoisotopic (exact) mass is 700 g/mol. The Labute approximate surface area is 296 Å². The number of nitrogens with zero attached hydrogens (tertiary/aromatic N) is 2. The molecule has 9 aromatic carbocycles. The van der Waals surface area contributed by atoms with E-state index in [1.165, 1.54) is 92.3 Å². The van der Waals surface area contributed by atoms with Crippen molar-refractivity contribution in [2.75, 3.05) is 0 Å². The van der Waals surface area contributed by atoms with Gasteiger partial charge in [0, 0.05) is 21.5 Å². The van der Waals surface area contributed by atoms with Crippen LogP contribution in [0.1, 0.15) is 5.56 Å². The lowest BCUT2D eigenvalue weighted by Gasteiger charge is -2.18. The molecule has 0 spiro atoms. The van der Waals surface area contributed by atoms with E-state index in [2.05, 4.69) is 190 Å². The van der Waals surface area contributed by atoms with Crippen LogP contribution in [-0.2, 0) is 0 Å². The molecule has 0 aliphatic carbocycles. The van der Waals surface area contributed by atoms with Gasteiger partial charge in [0.2, 0.25) is 0 Å². The van der Waals surface area contributed by atoms with E-state index >= 15 is 0 Å². The van der Waals surface area contributed by atoms with Crippen LogP contribution in [0.4, 0.5) is 0 Å². The minimum Gasteiger partial charge on any atom is -0.308 e. The molecule has 0 amide bonds. The van der Waals surface area contributed by atoms with Gasteiger partial charge in [-0.1, -0.05) is 109 Å². The van der Waals surface area contributed by atoms with Crippen LogP contribution < -0.4 is 0 Å². The van der Waals surface area contributed by atoms with E-state index in [-0.39, 0.29) is 0 Å². The molecule has 50 heavy (non-hydrogen) atoms. The lowest BCUT2D eigenvalue weighted by molar-refractivity contribution is 1.11. The molecule has 0 fully saturated rings. The molecule has 0 saturated heterocycles. The van der Waals surface area contributed by atoms with Gasteiger partial charge in [0.1, 0.15) is 0 Å². The highest BCUT2D eigenvalue weighted by Gasteiger charge is 2.22. The van der Waals surface area contributed by atoms with Crippen molar-refractivity contribution in [1.82, 2.24) is 9.13 Å². The van der Waals surface area contributed by atoms with Gasteiger partial charge >= 0.3 is 0 Å². The fraction of sp³-hybridized carbons (Fsp3) is 0.0213. The third kappa shape index (κ3) is 3.84. The molecule has 0 saturated carbocycles. The van der Waals surface area contributed by atoms with Gasteiger partial charge in [-0.3, -0.25) is 0 Å². The summed E-state index contributed by atoms with van der Waals surface area (Å²) in [6.07, 6.45) is 0. The molecule has 0 unspecified atom stereocenters. The van der Waals surface area contributed by atoms with Crippen molar-refractivity contribution in [2.24, 2.45) is 0 Å². The Morgan fingerprint density at radius 1 is 0.360 bits per heavy atom. The Morgan fingerprint density at radius 3 is 1.18 bits per heavy atom. The van der Waals surface area contributed by atoms with Crippen LogP contribution in [0.3, 0.4) is 0 Å². The molecule has 2 nitrogen and oxygen atoms in total. The lowest BCUT2D eigenvalue weighted by atomic mass is 10.0. The first-order valence-corrected chi connectivity index (χ1v) is 17.9. The van der Waals surface area contributed by atoms with Crippen molar-refractivity contribution in [3.8, 4) is 11.4 Å². The topological polar surface area (TPSA) is 9.86 Å². The fourth-order valence-corrected chi connectivity index (χ4v) is 9.10. The van der Waals surface area contributed by atoms with Gasteiger partial charge in [-0.15, -0.1) is 0 Å². The van der Waals surface area contributed by atoms with Gasteiger partial charge in [0.15, 0.2) is 0 Å². The van der Waals surface area contributed by atoms with Crippen molar-refractivity contribution in [1.29, 1.82) is 0 Å². The first kappa shape index (κ1) is 28.0. The number of halogens is 1. The van der Waals surface area contributed by atoms with Crippen LogP contribution in [0, 0.1) is 6.92 Å². The highest BCUT2D eigenvalue weighted by atomic mass is 79.9. The SMILES string of the molecule is Cc1cc(-n2c3cc4ccccc4cc3c3c4ccccc4ccc32)c(Br)c(-n2c3cc4ccccc4cc3c3c4ccccc4ccc32)c1. The number of benzene rings is 9. The molecule has 0 aliphatic rings. The van der Waals surface area contributed by atoms with E-state index in [1.807, 2.05) is 0 Å². The average molecular weight is 702 g/mol. The maximum atomic E-state index is 4.26. The van der Waals surface area contributed by atoms with Crippen molar-refractivity contribution in [2.45, 2.75) is 6.92 Å². The number of rotatable bonds is 2. The highest BCUT2D eigenvalue weighted by molar-refractivity contribution is 9.10. The molecule has 0 aliphatic heterocycles. The number of aryl methyl sites for hydroxylation is 1. The second kappa shape index (κ2) is 10.3. The molecule has 0 radical (unpaired) electrons. The van der Waals surface area contributed by atoms with Crippen molar-refractivity contribution < 1.29 is 0 Å². The summed E-state index contributed by atoms with van der Waals surface area (Å²) in [5, 5.41) is 15.1. The van der Waals surface area contributed by atoms with E-state index in [0.717, 1.165) is 15.8 Å². The smallest absolute Gasteiger partial charge is 0.0657 e. The predicted molar refractivity (Wildman–Crippen MR) is 218 cm³/mol. The van der Waals surface area contributed by atoms with E-state index in [1.54, 1.807) is 0 Å². The molecule has 0 atom stereocenters. The van der Waals surface area contributed by atoms with Gasteiger partial charge in [0.05, 0.1) is 37.9 Å². The lowest BCUT2D eigenvalue weighted by Crippen LogP contribution is -2.02. The van der Waals surface area contributed by atoms with Crippen LogP contribution in [0.25, 0.3) is 98.1 Å². The summed E-state index contributed by atoms with van der Waals surface area (Å²) in [6, 6.07) is 58.2. The molecular formula is C47H29BrN2. The molecule has 11 rings (SSSR count). The summed E-state index contributed by atoms with van der Waals surface area (Å²) in [6.45, 7) is 2.22.